The molecule has 5 rings (SSSR count). The van der Waals surface area contributed by atoms with Gasteiger partial charge in [-0.3, -0.25) is 0 Å². The third-order valence-corrected chi connectivity index (χ3v) is 4.83. The van der Waals surface area contributed by atoms with Gasteiger partial charge >= 0.3 is 5.97 Å². The Balaban J connectivity index is 1.76. The van der Waals surface area contributed by atoms with Crippen LogP contribution < -0.4 is 0 Å². The quantitative estimate of drug-likeness (QED) is 0.430. The minimum absolute atomic E-state index is 0.304. The molecule has 8 heteroatoms. The van der Waals surface area contributed by atoms with Gasteiger partial charge in [-0.2, -0.15) is 5.10 Å². The predicted molar refractivity (Wildman–Crippen MR) is 112 cm³/mol. The van der Waals surface area contributed by atoms with Crippen molar-refractivity contribution in [2.45, 2.75) is 13.8 Å². The van der Waals surface area contributed by atoms with Crippen LogP contribution in [0.3, 0.4) is 0 Å². The van der Waals surface area contributed by atoms with E-state index in [4.69, 9.17) is 4.74 Å². The monoisotopic (exact) mass is 398 g/mol. The molecular formula is C22H18N6O2. The number of rotatable bonds is 4. The molecule has 0 aliphatic rings. The van der Waals surface area contributed by atoms with Gasteiger partial charge in [-0.1, -0.05) is 6.07 Å². The molecule has 0 amide bonds. The Morgan fingerprint density at radius 2 is 2.07 bits per heavy atom. The summed E-state index contributed by atoms with van der Waals surface area (Å²) in [5.41, 5.74) is 4.30. The molecule has 148 valence electrons. The second kappa shape index (κ2) is 7.07. The number of fused-ring (bicyclic) bond motifs is 2. The van der Waals surface area contributed by atoms with Crippen LogP contribution in [-0.4, -0.2) is 41.9 Å². The number of nitrogens with zero attached hydrogens (tertiary/aromatic N) is 6. The van der Waals surface area contributed by atoms with Gasteiger partial charge in [0.05, 0.1) is 24.0 Å². The number of aromatic nitrogens is 6. The topological polar surface area (TPSA) is 87.2 Å². The van der Waals surface area contributed by atoms with Crippen molar-refractivity contribution in [2.75, 3.05) is 6.61 Å². The Bertz CT molecular complexity index is 1400. The molecule has 0 aliphatic heterocycles. The third kappa shape index (κ3) is 2.89. The van der Waals surface area contributed by atoms with Gasteiger partial charge in [0.25, 0.3) is 0 Å². The van der Waals surface area contributed by atoms with Crippen LogP contribution in [0.2, 0.25) is 0 Å². The summed E-state index contributed by atoms with van der Waals surface area (Å²) in [6.45, 7) is 4.02. The van der Waals surface area contributed by atoms with Crippen molar-refractivity contribution in [1.82, 2.24) is 29.4 Å². The molecule has 0 bridgehead atoms. The molecule has 0 fully saturated rings. The number of pyridine rings is 3. The van der Waals surface area contributed by atoms with Crippen molar-refractivity contribution in [3.05, 3.63) is 72.3 Å². The largest absolute Gasteiger partial charge is 0.462 e. The summed E-state index contributed by atoms with van der Waals surface area (Å²) in [6, 6.07) is 13.5. The lowest BCUT2D eigenvalue weighted by Crippen LogP contribution is -2.05. The highest BCUT2D eigenvalue weighted by Crippen LogP contribution is 2.31. The highest BCUT2D eigenvalue weighted by Gasteiger charge is 2.19. The molecule has 5 aromatic rings. The first kappa shape index (κ1) is 18.0. The predicted octanol–water partition coefficient (Wildman–Crippen LogP) is 3.62. The van der Waals surface area contributed by atoms with Crippen LogP contribution in [0, 0.1) is 6.92 Å². The molecular weight excluding hydrogens is 380 g/mol. The molecule has 30 heavy (non-hydrogen) atoms. The van der Waals surface area contributed by atoms with E-state index in [1.54, 1.807) is 22.3 Å². The van der Waals surface area contributed by atoms with Crippen LogP contribution in [0.4, 0.5) is 0 Å². The molecule has 0 aliphatic carbocycles. The van der Waals surface area contributed by atoms with E-state index in [1.807, 2.05) is 55.6 Å². The van der Waals surface area contributed by atoms with Gasteiger partial charge in [0.15, 0.2) is 11.5 Å². The Labute approximate surface area is 171 Å². The van der Waals surface area contributed by atoms with Crippen LogP contribution >= 0.6 is 0 Å². The standard InChI is InChI=1S/C22H18N6O2/c1-3-30-22(29)17-13-24-27-11-9-15(12-18(17)27)20-16-7-5-10-23-21(16)26-28(20)19-8-4-6-14(2)25-19/h4-13H,3H2,1-2H3. The zero-order valence-corrected chi connectivity index (χ0v) is 16.5. The third-order valence-electron chi connectivity index (χ3n) is 4.83. The maximum Gasteiger partial charge on any atom is 0.341 e. The molecule has 0 N–H and O–H groups in total. The molecule has 0 saturated heterocycles. The van der Waals surface area contributed by atoms with E-state index >= 15 is 0 Å². The first-order valence-corrected chi connectivity index (χ1v) is 9.58. The zero-order valence-electron chi connectivity index (χ0n) is 16.5. The van der Waals surface area contributed by atoms with Crippen molar-refractivity contribution in [2.24, 2.45) is 0 Å². The molecule has 0 spiro atoms. The van der Waals surface area contributed by atoms with Crippen molar-refractivity contribution in [3.8, 4) is 17.1 Å². The van der Waals surface area contributed by atoms with Gasteiger partial charge in [0.1, 0.15) is 5.56 Å². The van der Waals surface area contributed by atoms with E-state index in [-0.39, 0.29) is 0 Å². The SMILES string of the molecule is CCOC(=O)c1cnn2ccc(-c3c4cccnc4nn3-c3cccc(C)n3)cc12. The Kier molecular flexibility index (Phi) is 4.24. The van der Waals surface area contributed by atoms with Crippen molar-refractivity contribution in [3.63, 3.8) is 0 Å². The van der Waals surface area contributed by atoms with E-state index in [2.05, 4.69) is 20.2 Å². The average Bonchev–Trinajstić information content (AvgIpc) is 3.35. The molecule has 0 saturated carbocycles. The summed E-state index contributed by atoms with van der Waals surface area (Å²) in [5.74, 6) is 0.298. The van der Waals surface area contributed by atoms with Crippen LogP contribution in [0.25, 0.3) is 33.6 Å². The summed E-state index contributed by atoms with van der Waals surface area (Å²) in [6.07, 6.45) is 5.05. The van der Waals surface area contributed by atoms with Crippen LogP contribution in [0.1, 0.15) is 23.0 Å². The van der Waals surface area contributed by atoms with Crippen molar-refractivity contribution >= 4 is 22.5 Å². The first-order valence-electron chi connectivity index (χ1n) is 9.58. The van der Waals surface area contributed by atoms with Gasteiger partial charge < -0.3 is 4.74 Å². The smallest absolute Gasteiger partial charge is 0.341 e. The summed E-state index contributed by atoms with van der Waals surface area (Å²) in [7, 11) is 0. The minimum atomic E-state index is -0.398. The zero-order chi connectivity index (χ0) is 20.7. The minimum Gasteiger partial charge on any atom is -0.462 e. The van der Waals surface area contributed by atoms with Gasteiger partial charge in [0, 0.05) is 29.0 Å². The lowest BCUT2D eigenvalue weighted by molar-refractivity contribution is 0.0528. The van der Waals surface area contributed by atoms with E-state index < -0.39 is 5.97 Å². The average molecular weight is 398 g/mol. The molecule has 0 radical (unpaired) electrons. The Morgan fingerprint density at radius 1 is 1.17 bits per heavy atom. The van der Waals surface area contributed by atoms with Gasteiger partial charge in [0.2, 0.25) is 0 Å². The van der Waals surface area contributed by atoms with E-state index in [1.165, 1.54) is 6.20 Å². The number of hydrogen-bond acceptors (Lipinski definition) is 6. The fraction of sp³-hybridized carbons (Fsp3) is 0.136. The number of carbonyl (C=O) groups is 1. The number of carbonyl (C=O) groups excluding carboxylic acids is 1. The first-order chi connectivity index (χ1) is 14.7. The fourth-order valence-electron chi connectivity index (χ4n) is 3.50. The van der Waals surface area contributed by atoms with E-state index in [0.717, 1.165) is 22.3 Å². The summed E-state index contributed by atoms with van der Waals surface area (Å²) in [4.78, 5) is 21.4. The lowest BCUT2D eigenvalue weighted by atomic mass is 10.1. The maximum atomic E-state index is 12.3. The number of aryl methyl sites for hydroxylation is 1. The fourth-order valence-corrected chi connectivity index (χ4v) is 3.50. The molecule has 0 aromatic carbocycles. The Hall–Kier alpha value is -4.07. The molecule has 5 aromatic heterocycles. The highest BCUT2D eigenvalue weighted by atomic mass is 16.5. The van der Waals surface area contributed by atoms with E-state index in [9.17, 15) is 4.79 Å². The van der Waals surface area contributed by atoms with Crippen molar-refractivity contribution in [1.29, 1.82) is 0 Å². The van der Waals surface area contributed by atoms with Crippen LogP contribution in [0.15, 0.2) is 61.1 Å². The van der Waals surface area contributed by atoms with Crippen LogP contribution in [-0.2, 0) is 4.74 Å². The van der Waals surface area contributed by atoms with Crippen LogP contribution in [0.5, 0.6) is 0 Å². The summed E-state index contributed by atoms with van der Waals surface area (Å²) in [5, 5.41) is 9.84. The summed E-state index contributed by atoms with van der Waals surface area (Å²) < 4.78 is 8.61. The second-order valence-electron chi connectivity index (χ2n) is 6.80. The highest BCUT2D eigenvalue weighted by molar-refractivity contribution is 5.99. The van der Waals surface area contributed by atoms with E-state index in [0.29, 0.717) is 29.2 Å². The Morgan fingerprint density at radius 3 is 2.90 bits per heavy atom. The molecule has 0 unspecified atom stereocenters. The number of hydrogen-bond donors (Lipinski definition) is 0. The number of ether oxygens (including phenoxy) is 1. The van der Waals surface area contributed by atoms with Crippen molar-refractivity contribution < 1.29 is 9.53 Å². The second-order valence-corrected chi connectivity index (χ2v) is 6.80. The maximum absolute atomic E-state index is 12.3. The molecule has 5 heterocycles. The number of esters is 1. The molecule has 8 nitrogen and oxygen atoms in total. The van der Waals surface area contributed by atoms with Gasteiger partial charge in [-0.05, 0) is 50.2 Å². The summed E-state index contributed by atoms with van der Waals surface area (Å²) >= 11 is 0. The lowest BCUT2D eigenvalue weighted by Gasteiger charge is -2.09. The normalized spacial score (nSPS) is 11.3. The molecule has 0 atom stereocenters. The van der Waals surface area contributed by atoms with Gasteiger partial charge in [-0.15, -0.1) is 5.10 Å². The van der Waals surface area contributed by atoms with Gasteiger partial charge in [-0.25, -0.2) is 24.0 Å².